The lowest BCUT2D eigenvalue weighted by Crippen LogP contribution is -2.50. The Hall–Kier alpha value is -3.55. The zero-order chi connectivity index (χ0) is 23.6. The molecule has 0 bridgehead atoms. The summed E-state index contributed by atoms with van der Waals surface area (Å²) in [4.78, 5) is 28.9. The molecule has 8 heteroatoms. The Morgan fingerprint density at radius 1 is 1.03 bits per heavy atom. The Balaban J connectivity index is 1.32. The van der Waals surface area contributed by atoms with Crippen molar-refractivity contribution in [3.63, 3.8) is 0 Å². The van der Waals surface area contributed by atoms with Crippen LogP contribution in [0.4, 0.5) is 10.5 Å². The molecule has 1 saturated heterocycles. The summed E-state index contributed by atoms with van der Waals surface area (Å²) in [6.07, 6.45) is 1.56. The molecule has 174 valence electrons. The number of aromatic nitrogens is 2. The fourth-order valence-electron chi connectivity index (χ4n) is 3.85. The van der Waals surface area contributed by atoms with Gasteiger partial charge in [-0.05, 0) is 63.6 Å². The quantitative estimate of drug-likeness (QED) is 0.654. The molecule has 0 spiro atoms. The van der Waals surface area contributed by atoms with Gasteiger partial charge in [-0.3, -0.25) is 4.79 Å². The summed E-state index contributed by atoms with van der Waals surface area (Å²) in [7, 11) is 0. The minimum absolute atomic E-state index is 0.152. The Kier molecular flexibility index (Phi) is 6.26. The first-order valence-corrected chi connectivity index (χ1v) is 11.3. The average molecular weight is 450 g/mol. The smallest absolute Gasteiger partial charge is 0.410 e. The molecule has 3 aromatic rings. The van der Waals surface area contributed by atoms with Crippen molar-refractivity contribution in [3.05, 3.63) is 66.0 Å². The number of fused-ring (bicyclic) bond motifs is 1. The monoisotopic (exact) mass is 449 g/mol. The van der Waals surface area contributed by atoms with Crippen LogP contribution in [-0.4, -0.2) is 58.3 Å². The van der Waals surface area contributed by atoms with Crippen LogP contribution < -0.4 is 10.2 Å². The lowest BCUT2D eigenvalue weighted by molar-refractivity contribution is 0.0240. The Morgan fingerprint density at radius 3 is 2.36 bits per heavy atom. The maximum Gasteiger partial charge on any atom is 0.410 e. The molecule has 1 N–H and O–H groups in total. The molecule has 0 radical (unpaired) electrons. The van der Waals surface area contributed by atoms with E-state index in [-0.39, 0.29) is 18.0 Å². The van der Waals surface area contributed by atoms with Crippen molar-refractivity contribution in [2.75, 3.05) is 31.1 Å². The third-order valence-corrected chi connectivity index (χ3v) is 5.64. The number of piperazine rings is 1. The van der Waals surface area contributed by atoms with Gasteiger partial charge < -0.3 is 19.9 Å². The van der Waals surface area contributed by atoms with Crippen LogP contribution in [-0.2, 0) is 4.74 Å². The Labute approximate surface area is 194 Å². The highest BCUT2D eigenvalue weighted by atomic mass is 16.6. The van der Waals surface area contributed by atoms with E-state index in [0.29, 0.717) is 18.8 Å². The molecule has 2 aromatic heterocycles. The van der Waals surface area contributed by atoms with Crippen molar-refractivity contribution in [1.82, 2.24) is 19.8 Å². The van der Waals surface area contributed by atoms with Gasteiger partial charge in [-0.2, -0.15) is 5.10 Å². The van der Waals surface area contributed by atoms with Gasteiger partial charge in [0.25, 0.3) is 5.91 Å². The van der Waals surface area contributed by atoms with E-state index < -0.39 is 5.60 Å². The second-order valence-corrected chi connectivity index (χ2v) is 9.34. The SMILES string of the molecule is C[C@@H](NC(=O)c1cc2ccccn2n1)c1ccc(N2CCN(C(=O)OC(C)(C)C)CC2)cc1. The first kappa shape index (κ1) is 22.6. The maximum absolute atomic E-state index is 12.6. The molecule has 8 nitrogen and oxygen atoms in total. The van der Waals surface area contributed by atoms with Gasteiger partial charge in [0, 0.05) is 38.1 Å². The zero-order valence-corrected chi connectivity index (χ0v) is 19.6. The molecule has 1 fully saturated rings. The highest BCUT2D eigenvalue weighted by molar-refractivity contribution is 5.93. The van der Waals surface area contributed by atoms with Crippen LogP contribution in [0.3, 0.4) is 0 Å². The minimum Gasteiger partial charge on any atom is -0.444 e. The third kappa shape index (κ3) is 5.45. The molecular formula is C25H31N5O3. The van der Waals surface area contributed by atoms with Crippen molar-refractivity contribution >= 4 is 23.2 Å². The van der Waals surface area contributed by atoms with E-state index in [1.165, 1.54) is 0 Å². The zero-order valence-electron chi connectivity index (χ0n) is 19.6. The first-order valence-electron chi connectivity index (χ1n) is 11.3. The lowest BCUT2D eigenvalue weighted by atomic mass is 10.1. The maximum atomic E-state index is 12.6. The fourth-order valence-corrected chi connectivity index (χ4v) is 3.85. The summed E-state index contributed by atoms with van der Waals surface area (Å²) in [6, 6.07) is 15.5. The van der Waals surface area contributed by atoms with Crippen LogP contribution in [0.2, 0.25) is 0 Å². The van der Waals surface area contributed by atoms with E-state index in [9.17, 15) is 9.59 Å². The average Bonchev–Trinajstić information content (AvgIpc) is 3.23. The van der Waals surface area contributed by atoms with E-state index in [1.807, 2.05) is 64.2 Å². The number of benzene rings is 1. The van der Waals surface area contributed by atoms with Crippen LogP contribution in [0.25, 0.3) is 5.52 Å². The van der Waals surface area contributed by atoms with Crippen molar-refractivity contribution in [3.8, 4) is 0 Å². The predicted octanol–water partition coefficient (Wildman–Crippen LogP) is 3.88. The number of ether oxygens (including phenoxy) is 1. The van der Waals surface area contributed by atoms with Crippen LogP contribution in [0, 0.1) is 0 Å². The molecule has 4 rings (SSSR count). The number of carbonyl (C=O) groups is 2. The van der Waals surface area contributed by atoms with E-state index in [1.54, 1.807) is 15.5 Å². The molecule has 1 aliphatic rings. The van der Waals surface area contributed by atoms with E-state index in [0.717, 1.165) is 29.9 Å². The molecule has 0 unspecified atom stereocenters. The van der Waals surface area contributed by atoms with Crippen molar-refractivity contribution in [2.24, 2.45) is 0 Å². The number of anilines is 1. The number of nitrogens with zero attached hydrogens (tertiary/aromatic N) is 4. The van der Waals surface area contributed by atoms with Crippen LogP contribution >= 0.6 is 0 Å². The summed E-state index contributed by atoms with van der Waals surface area (Å²) in [5, 5.41) is 7.36. The summed E-state index contributed by atoms with van der Waals surface area (Å²) in [6.45, 7) is 10.3. The van der Waals surface area contributed by atoms with Gasteiger partial charge in [-0.25, -0.2) is 9.31 Å². The van der Waals surface area contributed by atoms with Crippen molar-refractivity contribution < 1.29 is 14.3 Å². The van der Waals surface area contributed by atoms with Gasteiger partial charge in [0.15, 0.2) is 5.69 Å². The summed E-state index contributed by atoms with van der Waals surface area (Å²) < 4.78 is 7.16. The minimum atomic E-state index is -0.485. The fraction of sp³-hybridized carbons (Fsp3) is 0.400. The molecule has 0 saturated carbocycles. The van der Waals surface area contributed by atoms with Crippen molar-refractivity contribution in [1.29, 1.82) is 0 Å². The second-order valence-electron chi connectivity index (χ2n) is 9.34. The Bertz CT molecular complexity index is 1090. The lowest BCUT2D eigenvalue weighted by Gasteiger charge is -2.36. The summed E-state index contributed by atoms with van der Waals surface area (Å²) >= 11 is 0. The van der Waals surface area contributed by atoms with Gasteiger partial charge in [0.05, 0.1) is 11.6 Å². The van der Waals surface area contributed by atoms with E-state index in [2.05, 4.69) is 27.4 Å². The third-order valence-electron chi connectivity index (χ3n) is 5.64. The van der Waals surface area contributed by atoms with Gasteiger partial charge in [0.2, 0.25) is 0 Å². The predicted molar refractivity (Wildman–Crippen MR) is 128 cm³/mol. The number of pyridine rings is 1. The number of hydrogen-bond acceptors (Lipinski definition) is 5. The molecule has 1 atom stereocenters. The highest BCUT2D eigenvalue weighted by Gasteiger charge is 2.26. The second kappa shape index (κ2) is 9.13. The van der Waals surface area contributed by atoms with Crippen molar-refractivity contribution in [2.45, 2.75) is 39.3 Å². The molecule has 2 amide bonds. The van der Waals surface area contributed by atoms with Gasteiger partial charge >= 0.3 is 6.09 Å². The molecular weight excluding hydrogens is 418 g/mol. The highest BCUT2D eigenvalue weighted by Crippen LogP contribution is 2.22. The van der Waals surface area contributed by atoms with Crippen LogP contribution in [0.15, 0.2) is 54.7 Å². The van der Waals surface area contributed by atoms with E-state index >= 15 is 0 Å². The summed E-state index contributed by atoms with van der Waals surface area (Å²) in [5.41, 5.74) is 2.91. The first-order chi connectivity index (χ1) is 15.7. The van der Waals surface area contributed by atoms with Crippen LogP contribution in [0.5, 0.6) is 0 Å². The number of amides is 2. The number of rotatable bonds is 4. The molecule has 3 heterocycles. The molecule has 33 heavy (non-hydrogen) atoms. The largest absolute Gasteiger partial charge is 0.444 e. The van der Waals surface area contributed by atoms with Gasteiger partial charge in [-0.15, -0.1) is 0 Å². The molecule has 1 aromatic carbocycles. The number of carbonyl (C=O) groups excluding carboxylic acids is 2. The number of hydrogen-bond donors (Lipinski definition) is 1. The van der Waals surface area contributed by atoms with E-state index in [4.69, 9.17) is 4.74 Å². The topological polar surface area (TPSA) is 79.2 Å². The Morgan fingerprint density at radius 2 is 1.73 bits per heavy atom. The van der Waals surface area contributed by atoms with Gasteiger partial charge in [-0.1, -0.05) is 18.2 Å². The van der Waals surface area contributed by atoms with Crippen LogP contribution in [0.1, 0.15) is 49.8 Å². The number of nitrogens with one attached hydrogen (secondary N) is 1. The molecule has 0 aliphatic carbocycles. The standard InChI is InChI=1S/C25H31N5O3/c1-18(26-23(31)22-17-21-7-5-6-12-30(21)27-22)19-8-10-20(11-9-19)28-13-15-29(16-14-28)24(32)33-25(2,3)4/h5-12,17-18H,13-16H2,1-4H3,(H,26,31)/t18-/m1/s1. The van der Waals surface area contributed by atoms with Gasteiger partial charge in [0.1, 0.15) is 5.60 Å². The molecule has 1 aliphatic heterocycles. The normalized spacial score (nSPS) is 15.4. The summed E-state index contributed by atoms with van der Waals surface area (Å²) in [5.74, 6) is -0.200.